The first-order chi connectivity index (χ1) is 8.16. The van der Waals surface area contributed by atoms with Gasteiger partial charge in [-0.2, -0.15) is 0 Å². The van der Waals surface area contributed by atoms with E-state index in [1.165, 1.54) is 31.2 Å². The summed E-state index contributed by atoms with van der Waals surface area (Å²) in [6, 6.07) is 8.09. The number of carbonyl (C=O) groups is 1. The number of benzene rings is 1. The van der Waals surface area contributed by atoms with Gasteiger partial charge in [-0.25, -0.2) is 0 Å². The van der Waals surface area contributed by atoms with Crippen LogP contribution in [0.15, 0.2) is 24.3 Å². The second-order valence-electron chi connectivity index (χ2n) is 5.15. The molecule has 1 aliphatic carbocycles. The summed E-state index contributed by atoms with van der Waals surface area (Å²) in [5, 5.41) is 8.81. The van der Waals surface area contributed by atoms with Gasteiger partial charge < -0.3 is 5.11 Å². The van der Waals surface area contributed by atoms with Crippen molar-refractivity contribution < 1.29 is 9.90 Å². The first kappa shape index (κ1) is 12.2. The lowest BCUT2D eigenvalue weighted by atomic mass is 9.86. The Kier molecular flexibility index (Phi) is 3.82. The van der Waals surface area contributed by atoms with E-state index in [9.17, 15) is 4.79 Å². The third kappa shape index (κ3) is 3.09. The molecule has 0 aromatic heterocycles. The maximum Gasteiger partial charge on any atom is 0.307 e. The zero-order valence-corrected chi connectivity index (χ0v) is 10.4. The molecule has 1 unspecified atom stereocenters. The van der Waals surface area contributed by atoms with E-state index in [0.717, 1.165) is 11.5 Å². The average molecular weight is 232 g/mol. The largest absolute Gasteiger partial charge is 0.481 e. The maximum atomic E-state index is 10.7. The molecule has 2 rings (SSSR count). The molecule has 1 fully saturated rings. The average Bonchev–Trinajstić information content (AvgIpc) is 2.81. The van der Waals surface area contributed by atoms with Crippen LogP contribution < -0.4 is 0 Å². The van der Waals surface area contributed by atoms with Crippen LogP contribution in [0.25, 0.3) is 0 Å². The van der Waals surface area contributed by atoms with Gasteiger partial charge in [0.05, 0.1) is 6.42 Å². The van der Waals surface area contributed by atoms with E-state index in [1.807, 2.05) is 12.1 Å². The lowest BCUT2D eigenvalue weighted by molar-refractivity contribution is -0.136. The molecular formula is C15H20O2. The van der Waals surface area contributed by atoms with Crippen LogP contribution in [-0.2, 0) is 11.2 Å². The molecule has 2 nitrogen and oxygen atoms in total. The molecule has 1 aromatic rings. The third-order valence-corrected chi connectivity index (χ3v) is 3.94. The molecule has 0 heterocycles. The van der Waals surface area contributed by atoms with Gasteiger partial charge in [0.25, 0.3) is 0 Å². The normalized spacial score (nSPS) is 18.2. The Morgan fingerprint density at radius 3 is 2.76 bits per heavy atom. The van der Waals surface area contributed by atoms with Crippen molar-refractivity contribution in [3.05, 3.63) is 35.4 Å². The standard InChI is InChI=1S/C15H20O2/c1-11(13-6-2-3-7-13)14-8-4-5-12(9-14)10-15(16)17/h4-5,8-9,11,13H,2-3,6-7,10H2,1H3,(H,16,17). The highest BCUT2D eigenvalue weighted by Crippen LogP contribution is 2.37. The minimum Gasteiger partial charge on any atom is -0.481 e. The number of carboxylic acid groups (broad SMARTS) is 1. The molecule has 1 N–H and O–H groups in total. The van der Waals surface area contributed by atoms with E-state index < -0.39 is 5.97 Å². The lowest BCUT2D eigenvalue weighted by Gasteiger charge is -2.19. The van der Waals surface area contributed by atoms with Crippen molar-refractivity contribution >= 4 is 5.97 Å². The van der Waals surface area contributed by atoms with Crippen molar-refractivity contribution in [1.82, 2.24) is 0 Å². The lowest BCUT2D eigenvalue weighted by Crippen LogP contribution is -2.07. The van der Waals surface area contributed by atoms with E-state index in [2.05, 4.69) is 19.1 Å². The SMILES string of the molecule is CC(c1cccc(CC(=O)O)c1)C1CCCC1. The van der Waals surface area contributed by atoms with Crippen molar-refractivity contribution in [2.75, 3.05) is 0 Å². The van der Waals surface area contributed by atoms with E-state index in [4.69, 9.17) is 5.11 Å². The van der Waals surface area contributed by atoms with Gasteiger partial charge in [0, 0.05) is 0 Å². The van der Waals surface area contributed by atoms with Crippen molar-refractivity contribution in [3.63, 3.8) is 0 Å². The number of hydrogen-bond donors (Lipinski definition) is 1. The fourth-order valence-electron chi connectivity index (χ4n) is 2.89. The Morgan fingerprint density at radius 2 is 2.12 bits per heavy atom. The molecule has 1 aliphatic rings. The van der Waals surface area contributed by atoms with Crippen molar-refractivity contribution in [1.29, 1.82) is 0 Å². The van der Waals surface area contributed by atoms with Crippen LogP contribution in [0, 0.1) is 5.92 Å². The predicted molar refractivity (Wildman–Crippen MR) is 68.2 cm³/mol. The Labute approximate surface area is 103 Å². The summed E-state index contributed by atoms with van der Waals surface area (Å²) in [5.41, 5.74) is 2.22. The first-order valence-electron chi connectivity index (χ1n) is 6.47. The van der Waals surface area contributed by atoms with Crippen molar-refractivity contribution in [3.8, 4) is 0 Å². The summed E-state index contributed by atoms with van der Waals surface area (Å²) in [6.07, 6.45) is 5.48. The number of aliphatic carboxylic acids is 1. The van der Waals surface area contributed by atoms with Crippen LogP contribution in [0.2, 0.25) is 0 Å². The van der Waals surface area contributed by atoms with Gasteiger partial charge in [-0.1, -0.05) is 44.0 Å². The molecule has 92 valence electrons. The minimum atomic E-state index is -0.754. The topological polar surface area (TPSA) is 37.3 Å². The number of rotatable bonds is 4. The molecular weight excluding hydrogens is 212 g/mol. The second kappa shape index (κ2) is 5.35. The van der Waals surface area contributed by atoms with Gasteiger partial charge in [0.1, 0.15) is 0 Å². The van der Waals surface area contributed by atoms with E-state index in [-0.39, 0.29) is 6.42 Å². The summed E-state index contributed by atoms with van der Waals surface area (Å²) in [6.45, 7) is 2.27. The van der Waals surface area contributed by atoms with Crippen molar-refractivity contribution in [2.24, 2.45) is 5.92 Å². The molecule has 1 saturated carbocycles. The molecule has 17 heavy (non-hydrogen) atoms. The van der Waals surface area contributed by atoms with Crippen molar-refractivity contribution in [2.45, 2.75) is 44.9 Å². The highest BCUT2D eigenvalue weighted by atomic mass is 16.4. The number of carboxylic acids is 1. The van der Waals surface area contributed by atoms with Crippen LogP contribution >= 0.6 is 0 Å². The van der Waals surface area contributed by atoms with Crippen LogP contribution in [0.5, 0.6) is 0 Å². The van der Waals surface area contributed by atoms with Gasteiger partial charge >= 0.3 is 5.97 Å². The number of hydrogen-bond acceptors (Lipinski definition) is 1. The summed E-state index contributed by atoms with van der Waals surface area (Å²) in [7, 11) is 0. The minimum absolute atomic E-state index is 0.130. The van der Waals surface area contributed by atoms with Crippen LogP contribution in [0.4, 0.5) is 0 Å². The molecule has 0 radical (unpaired) electrons. The highest BCUT2D eigenvalue weighted by Gasteiger charge is 2.22. The Balaban J connectivity index is 2.11. The van der Waals surface area contributed by atoms with Gasteiger partial charge in [-0.3, -0.25) is 4.79 Å². The van der Waals surface area contributed by atoms with Gasteiger partial charge in [0.15, 0.2) is 0 Å². The Hall–Kier alpha value is -1.31. The summed E-state index contributed by atoms with van der Waals surface area (Å²) in [4.78, 5) is 10.7. The monoisotopic (exact) mass is 232 g/mol. The fourth-order valence-corrected chi connectivity index (χ4v) is 2.89. The molecule has 0 bridgehead atoms. The van der Waals surface area contributed by atoms with Crippen LogP contribution in [0.3, 0.4) is 0 Å². The summed E-state index contributed by atoms with van der Waals surface area (Å²) < 4.78 is 0. The summed E-state index contributed by atoms with van der Waals surface area (Å²) >= 11 is 0. The quantitative estimate of drug-likeness (QED) is 0.861. The highest BCUT2D eigenvalue weighted by molar-refractivity contribution is 5.70. The van der Waals surface area contributed by atoms with E-state index >= 15 is 0 Å². The molecule has 1 aromatic carbocycles. The smallest absolute Gasteiger partial charge is 0.307 e. The fraction of sp³-hybridized carbons (Fsp3) is 0.533. The second-order valence-corrected chi connectivity index (χ2v) is 5.15. The first-order valence-corrected chi connectivity index (χ1v) is 6.47. The van der Waals surface area contributed by atoms with Crippen LogP contribution in [-0.4, -0.2) is 11.1 Å². The van der Waals surface area contributed by atoms with E-state index in [0.29, 0.717) is 5.92 Å². The molecule has 2 heteroatoms. The Bertz CT molecular complexity index is 392. The maximum absolute atomic E-state index is 10.7. The molecule has 0 amide bonds. The zero-order valence-electron chi connectivity index (χ0n) is 10.4. The predicted octanol–water partition coefficient (Wildman–Crippen LogP) is 3.61. The summed E-state index contributed by atoms with van der Waals surface area (Å²) in [5.74, 6) is 0.594. The van der Waals surface area contributed by atoms with E-state index in [1.54, 1.807) is 0 Å². The zero-order chi connectivity index (χ0) is 12.3. The molecule has 0 aliphatic heterocycles. The molecule has 0 saturated heterocycles. The van der Waals surface area contributed by atoms with Gasteiger partial charge in [-0.15, -0.1) is 0 Å². The van der Waals surface area contributed by atoms with Gasteiger partial charge in [-0.05, 0) is 35.8 Å². The molecule has 0 spiro atoms. The Morgan fingerprint density at radius 1 is 1.41 bits per heavy atom. The van der Waals surface area contributed by atoms with Gasteiger partial charge in [0.2, 0.25) is 0 Å². The molecule has 1 atom stereocenters. The van der Waals surface area contributed by atoms with Crippen LogP contribution in [0.1, 0.15) is 49.7 Å². The third-order valence-electron chi connectivity index (χ3n) is 3.94.